The van der Waals surface area contributed by atoms with Crippen LogP contribution in [0.5, 0.6) is 0 Å². The molecule has 0 radical (unpaired) electrons. The Morgan fingerprint density at radius 2 is 2.06 bits per heavy atom. The van der Waals surface area contributed by atoms with Crippen LogP contribution in [0, 0.1) is 18.7 Å². The number of aryl methyl sites for hydroxylation is 1. The van der Waals surface area contributed by atoms with Crippen molar-refractivity contribution in [3.8, 4) is 0 Å². The summed E-state index contributed by atoms with van der Waals surface area (Å²) in [5.41, 5.74) is 8.43. The summed E-state index contributed by atoms with van der Waals surface area (Å²) in [4.78, 5) is 0. The SMILES string of the molecule is Cc1ccc(F)cc1CC1CCCCC(N)C1. The highest BCUT2D eigenvalue weighted by atomic mass is 19.1. The first-order valence-corrected chi connectivity index (χ1v) is 6.66. The molecule has 2 N–H and O–H groups in total. The van der Waals surface area contributed by atoms with Crippen molar-refractivity contribution in [1.82, 2.24) is 0 Å². The molecule has 1 aliphatic carbocycles. The van der Waals surface area contributed by atoms with E-state index < -0.39 is 0 Å². The molecule has 94 valence electrons. The minimum atomic E-state index is -0.122. The van der Waals surface area contributed by atoms with Gasteiger partial charge in [-0.15, -0.1) is 0 Å². The van der Waals surface area contributed by atoms with E-state index >= 15 is 0 Å². The van der Waals surface area contributed by atoms with Crippen LogP contribution in [-0.4, -0.2) is 6.04 Å². The average molecular weight is 235 g/mol. The first-order chi connectivity index (χ1) is 8.15. The second-order valence-electron chi connectivity index (χ2n) is 5.42. The molecule has 1 fully saturated rings. The van der Waals surface area contributed by atoms with Crippen LogP contribution in [0.1, 0.15) is 43.2 Å². The fourth-order valence-corrected chi connectivity index (χ4v) is 2.86. The van der Waals surface area contributed by atoms with Gasteiger partial charge in [0.1, 0.15) is 5.82 Å². The van der Waals surface area contributed by atoms with Crippen molar-refractivity contribution in [1.29, 1.82) is 0 Å². The van der Waals surface area contributed by atoms with E-state index in [1.54, 1.807) is 6.07 Å². The van der Waals surface area contributed by atoms with Gasteiger partial charge in [-0.25, -0.2) is 4.39 Å². The zero-order valence-corrected chi connectivity index (χ0v) is 10.6. The van der Waals surface area contributed by atoms with Gasteiger partial charge in [0.25, 0.3) is 0 Å². The minimum absolute atomic E-state index is 0.122. The summed E-state index contributed by atoms with van der Waals surface area (Å²) in [6.07, 6.45) is 6.99. The Labute approximate surface area is 103 Å². The molecule has 17 heavy (non-hydrogen) atoms. The molecule has 2 heteroatoms. The van der Waals surface area contributed by atoms with E-state index in [9.17, 15) is 4.39 Å². The molecule has 0 amide bonds. The number of nitrogens with two attached hydrogens (primary N) is 1. The number of benzene rings is 1. The Hall–Kier alpha value is -0.890. The Bertz CT molecular complexity index is 375. The Kier molecular flexibility index (Phi) is 4.16. The number of rotatable bonds is 2. The standard InChI is InChI=1S/C15H22FN/c1-11-6-7-14(16)10-13(11)8-12-4-2-3-5-15(17)9-12/h6-7,10,12,15H,2-5,8-9,17H2,1H3. The molecule has 1 saturated carbocycles. The maximum Gasteiger partial charge on any atom is 0.123 e. The van der Waals surface area contributed by atoms with Crippen molar-refractivity contribution >= 4 is 0 Å². The molecular weight excluding hydrogens is 213 g/mol. The van der Waals surface area contributed by atoms with E-state index in [4.69, 9.17) is 5.73 Å². The summed E-state index contributed by atoms with van der Waals surface area (Å²) >= 11 is 0. The van der Waals surface area contributed by atoms with Crippen LogP contribution in [0.2, 0.25) is 0 Å². The van der Waals surface area contributed by atoms with Crippen LogP contribution >= 0.6 is 0 Å². The van der Waals surface area contributed by atoms with Gasteiger partial charge in [-0.3, -0.25) is 0 Å². The van der Waals surface area contributed by atoms with Crippen molar-refractivity contribution in [3.63, 3.8) is 0 Å². The maximum absolute atomic E-state index is 13.2. The lowest BCUT2D eigenvalue weighted by Gasteiger charge is -2.18. The molecule has 0 bridgehead atoms. The maximum atomic E-state index is 13.2. The second-order valence-corrected chi connectivity index (χ2v) is 5.42. The van der Waals surface area contributed by atoms with E-state index in [1.165, 1.54) is 30.9 Å². The molecule has 1 aromatic carbocycles. The van der Waals surface area contributed by atoms with Crippen LogP contribution in [-0.2, 0) is 6.42 Å². The van der Waals surface area contributed by atoms with Crippen LogP contribution in [0.3, 0.4) is 0 Å². The molecule has 2 rings (SSSR count). The quantitative estimate of drug-likeness (QED) is 0.779. The normalized spacial score (nSPS) is 25.6. The van der Waals surface area contributed by atoms with Gasteiger partial charge in [-0.1, -0.05) is 25.3 Å². The fraction of sp³-hybridized carbons (Fsp3) is 0.600. The zero-order chi connectivity index (χ0) is 12.3. The fourth-order valence-electron chi connectivity index (χ4n) is 2.86. The van der Waals surface area contributed by atoms with Gasteiger partial charge in [0.15, 0.2) is 0 Å². The van der Waals surface area contributed by atoms with E-state index in [0.29, 0.717) is 12.0 Å². The highest BCUT2D eigenvalue weighted by Gasteiger charge is 2.18. The summed E-state index contributed by atoms with van der Waals surface area (Å²) in [6, 6.07) is 5.45. The third-order valence-corrected chi connectivity index (χ3v) is 3.89. The summed E-state index contributed by atoms with van der Waals surface area (Å²) < 4.78 is 13.2. The van der Waals surface area contributed by atoms with E-state index in [2.05, 4.69) is 6.92 Å². The highest BCUT2D eigenvalue weighted by Crippen LogP contribution is 2.26. The van der Waals surface area contributed by atoms with Crippen LogP contribution in [0.25, 0.3) is 0 Å². The lowest BCUT2D eigenvalue weighted by molar-refractivity contribution is 0.429. The molecule has 0 spiro atoms. The predicted molar refractivity (Wildman–Crippen MR) is 69.4 cm³/mol. The average Bonchev–Trinajstić information content (AvgIpc) is 2.48. The van der Waals surface area contributed by atoms with Crippen molar-refractivity contribution in [2.45, 2.75) is 51.5 Å². The summed E-state index contributed by atoms with van der Waals surface area (Å²) in [5.74, 6) is 0.511. The predicted octanol–water partition coefficient (Wildman–Crippen LogP) is 3.58. The van der Waals surface area contributed by atoms with Crippen LogP contribution < -0.4 is 5.73 Å². The molecule has 1 aliphatic rings. The molecule has 0 heterocycles. The van der Waals surface area contributed by atoms with Crippen molar-refractivity contribution in [3.05, 3.63) is 35.1 Å². The number of hydrogen-bond donors (Lipinski definition) is 1. The first kappa shape index (κ1) is 12.6. The van der Waals surface area contributed by atoms with Gasteiger partial charge >= 0.3 is 0 Å². The lowest BCUT2D eigenvalue weighted by Crippen LogP contribution is -2.22. The van der Waals surface area contributed by atoms with Crippen LogP contribution in [0.4, 0.5) is 4.39 Å². The van der Waals surface area contributed by atoms with E-state index in [1.807, 2.05) is 6.07 Å². The van der Waals surface area contributed by atoms with Gasteiger partial charge in [-0.05, 0) is 55.4 Å². The molecule has 0 aromatic heterocycles. The monoisotopic (exact) mass is 235 g/mol. The third kappa shape index (κ3) is 3.53. The first-order valence-electron chi connectivity index (χ1n) is 6.66. The highest BCUT2D eigenvalue weighted by molar-refractivity contribution is 5.27. The number of hydrogen-bond acceptors (Lipinski definition) is 1. The van der Waals surface area contributed by atoms with E-state index in [-0.39, 0.29) is 5.82 Å². The van der Waals surface area contributed by atoms with Crippen molar-refractivity contribution in [2.24, 2.45) is 11.7 Å². The summed E-state index contributed by atoms with van der Waals surface area (Å²) in [5, 5.41) is 0. The molecule has 2 atom stereocenters. The topological polar surface area (TPSA) is 26.0 Å². The third-order valence-electron chi connectivity index (χ3n) is 3.89. The zero-order valence-electron chi connectivity index (χ0n) is 10.6. The molecule has 0 saturated heterocycles. The van der Waals surface area contributed by atoms with Crippen LogP contribution in [0.15, 0.2) is 18.2 Å². The largest absolute Gasteiger partial charge is 0.328 e. The van der Waals surface area contributed by atoms with Crippen molar-refractivity contribution in [2.75, 3.05) is 0 Å². The summed E-state index contributed by atoms with van der Waals surface area (Å²) in [7, 11) is 0. The van der Waals surface area contributed by atoms with Gasteiger partial charge in [0, 0.05) is 6.04 Å². The smallest absolute Gasteiger partial charge is 0.123 e. The molecule has 1 nitrogen and oxygen atoms in total. The molecule has 2 unspecified atom stereocenters. The lowest BCUT2D eigenvalue weighted by atomic mass is 9.89. The molecular formula is C15H22FN. The van der Waals surface area contributed by atoms with Gasteiger partial charge < -0.3 is 5.73 Å². The minimum Gasteiger partial charge on any atom is -0.328 e. The second kappa shape index (κ2) is 5.63. The Morgan fingerprint density at radius 3 is 2.88 bits per heavy atom. The molecule has 1 aromatic rings. The van der Waals surface area contributed by atoms with Gasteiger partial charge in [-0.2, -0.15) is 0 Å². The Morgan fingerprint density at radius 1 is 1.29 bits per heavy atom. The summed E-state index contributed by atoms with van der Waals surface area (Å²) in [6.45, 7) is 2.06. The number of halogens is 1. The molecule has 0 aliphatic heterocycles. The van der Waals surface area contributed by atoms with Crippen molar-refractivity contribution < 1.29 is 4.39 Å². The van der Waals surface area contributed by atoms with E-state index in [0.717, 1.165) is 24.8 Å². The van der Waals surface area contributed by atoms with Gasteiger partial charge in [0.05, 0.1) is 0 Å². The van der Waals surface area contributed by atoms with Gasteiger partial charge in [0.2, 0.25) is 0 Å². The Balaban J connectivity index is 2.06.